The van der Waals surface area contributed by atoms with E-state index in [1.807, 2.05) is 0 Å². The van der Waals surface area contributed by atoms with E-state index in [1.165, 1.54) is 23.1 Å². The number of nitro benzene ring substituents is 1. The van der Waals surface area contributed by atoms with E-state index in [0.717, 1.165) is 0 Å². The van der Waals surface area contributed by atoms with E-state index in [0.29, 0.717) is 6.54 Å². The molecule has 16 heavy (non-hydrogen) atoms. The Morgan fingerprint density at radius 2 is 2.19 bits per heavy atom. The van der Waals surface area contributed by atoms with Gasteiger partial charge in [-0.2, -0.15) is 0 Å². The predicted octanol–water partition coefficient (Wildman–Crippen LogP) is 1.85. The molecule has 0 saturated carbocycles. The summed E-state index contributed by atoms with van der Waals surface area (Å²) in [5.74, 6) is -0.382. The van der Waals surface area contributed by atoms with Crippen LogP contribution in [-0.2, 0) is 0 Å². The second kappa shape index (κ2) is 5.06. The summed E-state index contributed by atoms with van der Waals surface area (Å²) in [6, 6.07) is 5.89. The summed E-state index contributed by atoms with van der Waals surface area (Å²) in [6.45, 7) is 3.86. The number of nitrogens with zero attached hydrogens (tertiary/aromatic N) is 2. The number of likely N-dealkylation sites (N-methyl/N-ethyl adjacent to an activating group) is 1. The first-order chi connectivity index (χ1) is 7.57. The summed E-state index contributed by atoms with van der Waals surface area (Å²) in [4.78, 5) is 23.4. The lowest BCUT2D eigenvalue weighted by molar-refractivity contribution is -0.385. The van der Waals surface area contributed by atoms with Crippen LogP contribution in [0.1, 0.15) is 10.4 Å². The molecule has 0 heterocycles. The monoisotopic (exact) mass is 220 g/mol. The van der Waals surface area contributed by atoms with Gasteiger partial charge in [-0.25, -0.2) is 0 Å². The minimum absolute atomic E-state index is 0.0943. The van der Waals surface area contributed by atoms with Crippen LogP contribution in [-0.4, -0.2) is 29.3 Å². The van der Waals surface area contributed by atoms with E-state index in [-0.39, 0.29) is 17.2 Å². The molecule has 1 aromatic carbocycles. The first-order valence-electron chi connectivity index (χ1n) is 4.67. The fraction of sp³-hybridized carbons (Fsp3) is 0.182. The largest absolute Gasteiger partial charge is 0.338 e. The van der Waals surface area contributed by atoms with Gasteiger partial charge < -0.3 is 4.90 Å². The molecule has 5 heteroatoms. The van der Waals surface area contributed by atoms with Gasteiger partial charge in [0, 0.05) is 19.7 Å². The molecule has 0 unspecified atom stereocenters. The SMILES string of the molecule is C=CCN(C)C(=O)c1ccccc1[N+](=O)[O-]. The van der Waals surface area contributed by atoms with Crippen LogP contribution in [0.2, 0.25) is 0 Å². The van der Waals surface area contributed by atoms with Gasteiger partial charge in [0.05, 0.1) is 4.92 Å². The highest BCUT2D eigenvalue weighted by atomic mass is 16.6. The highest BCUT2D eigenvalue weighted by molar-refractivity contribution is 5.98. The molecule has 0 aliphatic heterocycles. The van der Waals surface area contributed by atoms with Gasteiger partial charge in [0.15, 0.2) is 0 Å². The van der Waals surface area contributed by atoms with Crippen molar-refractivity contribution in [3.8, 4) is 0 Å². The Hall–Kier alpha value is -2.17. The molecule has 0 saturated heterocycles. The van der Waals surface area contributed by atoms with Gasteiger partial charge in [0.2, 0.25) is 0 Å². The van der Waals surface area contributed by atoms with Crippen molar-refractivity contribution in [3.05, 3.63) is 52.6 Å². The minimum atomic E-state index is -0.561. The van der Waals surface area contributed by atoms with E-state index >= 15 is 0 Å². The summed E-state index contributed by atoms with van der Waals surface area (Å²) in [5.41, 5.74) is -0.0831. The number of amides is 1. The quantitative estimate of drug-likeness (QED) is 0.442. The maximum Gasteiger partial charge on any atom is 0.282 e. The third-order valence-electron chi connectivity index (χ3n) is 2.08. The van der Waals surface area contributed by atoms with Crippen molar-refractivity contribution < 1.29 is 9.72 Å². The maximum absolute atomic E-state index is 11.8. The topological polar surface area (TPSA) is 63.5 Å². The molecule has 1 rings (SSSR count). The molecule has 1 aromatic rings. The van der Waals surface area contributed by atoms with Gasteiger partial charge in [0.1, 0.15) is 5.56 Å². The second-order valence-electron chi connectivity index (χ2n) is 3.25. The van der Waals surface area contributed by atoms with Crippen LogP contribution in [0.3, 0.4) is 0 Å². The van der Waals surface area contributed by atoms with Crippen LogP contribution in [0.4, 0.5) is 5.69 Å². The van der Waals surface area contributed by atoms with Crippen LogP contribution >= 0.6 is 0 Å². The molecule has 84 valence electrons. The van der Waals surface area contributed by atoms with E-state index in [1.54, 1.807) is 19.2 Å². The first-order valence-corrected chi connectivity index (χ1v) is 4.67. The van der Waals surface area contributed by atoms with Crippen molar-refractivity contribution in [3.63, 3.8) is 0 Å². The molecule has 0 aromatic heterocycles. The molecule has 1 amide bonds. The molecule has 0 N–H and O–H groups in total. The predicted molar refractivity (Wildman–Crippen MR) is 60.3 cm³/mol. The molecule has 0 aliphatic rings. The number of carbonyl (C=O) groups is 1. The number of para-hydroxylation sites is 1. The van der Waals surface area contributed by atoms with Crippen molar-refractivity contribution in [2.24, 2.45) is 0 Å². The molecule has 0 aliphatic carbocycles. The first kappa shape index (κ1) is 11.9. The number of hydrogen-bond acceptors (Lipinski definition) is 3. The molecular formula is C11H12N2O3. The normalized spacial score (nSPS) is 9.56. The third-order valence-corrected chi connectivity index (χ3v) is 2.08. The van der Waals surface area contributed by atoms with Crippen molar-refractivity contribution in [2.45, 2.75) is 0 Å². The van der Waals surface area contributed by atoms with Crippen LogP contribution in [0.5, 0.6) is 0 Å². The van der Waals surface area contributed by atoms with Crippen molar-refractivity contribution in [2.75, 3.05) is 13.6 Å². The second-order valence-corrected chi connectivity index (χ2v) is 3.25. The molecule has 0 fully saturated rings. The van der Waals surface area contributed by atoms with Gasteiger partial charge in [-0.1, -0.05) is 18.2 Å². The fourth-order valence-electron chi connectivity index (χ4n) is 1.30. The standard InChI is InChI=1S/C11H12N2O3/c1-3-8-12(2)11(14)9-6-4-5-7-10(9)13(15)16/h3-7H,1,8H2,2H3. The Morgan fingerprint density at radius 1 is 1.56 bits per heavy atom. The Bertz CT molecular complexity index is 429. The molecular weight excluding hydrogens is 208 g/mol. The van der Waals surface area contributed by atoms with Crippen molar-refractivity contribution >= 4 is 11.6 Å². The number of hydrogen-bond donors (Lipinski definition) is 0. The number of carbonyl (C=O) groups excluding carboxylic acids is 1. The van der Waals surface area contributed by atoms with Crippen LogP contribution < -0.4 is 0 Å². The molecule has 0 bridgehead atoms. The zero-order valence-electron chi connectivity index (χ0n) is 8.92. The van der Waals surface area contributed by atoms with Crippen LogP contribution in [0, 0.1) is 10.1 Å². The zero-order chi connectivity index (χ0) is 12.1. The van der Waals surface area contributed by atoms with Gasteiger partial charge in [0.25, 0.3) is 11.6 Å². The lowest BCUT2D eigenvalue weighted by atomic mass is 10.1. The molecule has 0 spiro atoms. The molecule has 0 radical (unpaired) electrons. The lowest BCUT2D eigenvalue weighted by Gasteiger charge is -2.14. The highest BCUT2D eigenvalue weighted by Gasteiger charge is 2.21. The van der Waals surface area contributed by atoms with E-state index < -0.39 is 4.92 Å². The number of rotatable bonds is 4. The Morgan fingerprint density at radius 3 is 2.75 bits per heavy atom. The smallest absolute Gasteiger partial charge is 0.282 e. The summed E-state index contributed by atoms with van der Waals surface area (Å²) in [6.07, 6.45) is 1.56. The maximum atomic E-state index is 11.8. The Balaban J connectivity index is 3.08. The van der Waals surface area contributed by atoms with E-state index in [4.69, 9.17) is 0 Å². The third kappa shape index (κ3) is 2.44. The highest BCUT2D eigenvalue weighted by Crippen LogP contribution is 2.18. The minimum Gasteiger partial charge on any atom is -0.338 e. The van der Waals surface area contributed by atoms with Crippen LogP contribution in [0.15, 0.2) is 36.9 Å². The summed E-state index contributed by atoms with van der Waals surface area (Å²) >= 11 is 0. The van der Waals surface area contributed by atoms with E-state index in [9.17, 15) is 14.9 Å². The number of benzene rings is 1. The van der Waals surface area contributed by atoms with Gasteiger partial charge in [-0.3, -0.25) is 14.9 Å². The van der Waals surface area contributed by atoms with E-state index in [2.05, 4.69) is 6.58 Å². The zero-order valence-corrected chi connectivity index (χ0v) is 8.92. The van der Waals surface area contributed by atoms with Crippen molar-refractivity contribution in [1.29, 1.82) is 0 Å². The van der Waals surface area contributed by atoms with Gasteiger partial charge in [-0.05, 0) is 6.07 Å². The molecule has 0 atom stereocenters. The van der Waals surface area contributed by atoms with Gasteiger partial charge >= 0.3 is 0 Å². The Labute approximate surface area is 93.1 Å². The van der Waals surface area contributed by atoms with Crippen LogP contribution in [0.25, 0.3) is 0 Å². The van der Waals surface area contributed by atoms with Gasteiger partial charge in [-0.15, -0.1) is 6.58 Å². The summed E-state index contributed by atoms with van der Waals surface area (Å²) < 4.78 is 0. The molecule has 5 nitrogen and oxygen atoms in total. The average molecular weight is 220 g/mol. The average Bonchev–Trinajstić information content (AvgIpc) is 2.28. The van der Waals surface area contributed by atoms with Crippen molar-refractivity contribution in [1.82, 2.24) is 4.90 Å². The summed E-state index contributed by atoms with van der Waals surface area (Å²) in [5, 5.41) is 10.7. The summed E-state index contributed by atoms with van der Waals surface area (Å²) in [7, 11) is 1.57. The Kier molecular flexibility index (Phi) is 3.77. The lowest BCUT2D eigenvalue weighted by Crippen LogP contribution is -2.27. The fourth-order valence-corrected chi connectivity index (χ4v) is 1.30. The number of nitro groups is 1.